The lowest BCUT2D eigenvalue weighted by Gasteiger charge is -2.08. The highest BCUT2D eigenvalue weighted by atomic mass is 32.1. The van der Waals surface area contributed by atoms with E-state index in [-0.39, 0.29) is 0 Å². The molecule has 5 heteroatoms. The fourth-order valence-corrected chi connectivity index (χ4v) is 2.25. The predicted molar refractivity (Wildman–Crippen MR) is 72.6 cm³/mol. The maximum atomic E-state index is 5.91. The highest BCUT2D eigenvalue weighted by Gasteiger charge is 2.06. The number of nitrogens with zero attached hydrogens (tertiary/aromatic N) is 2. The number of hydrogen-bond donors (Lipinski definition) is 1. The van der Waals surface area contributed by atoms with Crippen LogP contribution in [-0.4, -0.2) is 9.97 Å². The zero-order chi connectivity index (χ0) is 12.4. The van der Waals surface area contributed by atoms with Crippen molar-refractivity contribution in [3.8, 4) is 5.75 Å². The monoisotopic (exact) mass is 257 g/mol. The quantitative estimate of drug-likeness (QED) is 0.733. The highest BCUT2D eigenvalue weighted by Crippen LogP contribution is 2.28. The Morgan fingerprint density at radius 1 is 1.28 bits per heavy atom. The SMILES string of the molecule is Nc1ccc(OCc2cncs2)c2ncccc12. The highest BCUT2D eigenvalue weighted by molar-refractivity contribution is 7.09. The van der Waals surface area contributed by atoms with Crippen molar-refractivity contribution in [2.45, 2.75) is 6.61 Å². The van der Waals surface area contributed by atoms with E-state index in [1.165, 1.54) is 0 Å². The van der Waals surface area contributed by atoms with Crippen molar-refractivity contribution in [2.24, 2.45) is 0 Å². The van der Waals surface area contributed by atoms with Crippen LogP contribution in [0.5, 0.6) is 5.75 Å². The molecule has 0 spiro atoms. The third kappa shape index (κ3) is 2.00. The van der Waals surface area contributed by atoms with Gasteiger partial charge in [0.1, 0.15) is 17.9 Å². The Kier molecular flexibility index (Phi) is 2.82. The molecule has 3 aromatic rings. The average molecular weight is 257 g/mol. The summed E-state index contributed by atoms with van der Waals surface area (Å²) < 4.78 is 5.77. The van der Waals surface area contributed by atoms with Gasteiger partial charge in [-0.2, -0.15) is 0 Å². The Bertz CT molecular complexity index is 667. The normalized spacial score (nSPS) is 10.7. The first-order chi connectivity index (χ1) is 8.84. The molecule has 0 aliphatic carbocycles. The van der Waals surface area contributed by atoms with E-state index in [2.05, 4.69) is 9.97 Å². The lowest BCUT2D eigenvalue weighted by molar-refractivity contribution is 0.313. The molecule has 0 fully saturated rings. The Morgan fingerprint density at radius 2 is 2.22 bits per heavy atom. The molecular formula is C13H11N3OS. The third-order valence-corrected chi connectivity index (χ3v) is 3.37. The van der Waals surface area contributed by atoms with Crippen LogP contribution in [-0.2, 0) is 6.61 Å². The van der Waals surface area contributed by atoms with Gasteiger partial charge >= 0.3 is 0 Å². The summed E-state index contributed by atoms with van der Waals surface area (Å²) in [6.45, 7) is 0.500. The molecule has 2 N–H and O–H groups in total. The van der Waals surface area contributed by atoms with Gasteiger partial charge in [0.05, 0.1) is 10.4 Å². The van der Waals surface area contributed by atoms with E-state index >= 15 is 0 Å². The number of benzene rings is 1. The first-order valence-corrected chi connectivity index (χ1v) is 6.36. The van der Waals surface area contributed by atoms with Crippen LogP contribution in [0, 0.1) is 0 Å². The molecule has 0 atom stereocenters. The number of nitrogen functional groups attached to an aromatic ring is 1. The van der Waals surface area contributed by atoms with E-state index in [1.54, 1.807) is 29.2 Å². The van der Waals surface area contributed by atoms with Gasteiger partial charge in [-0.15, -0.1) is 11.3 Å². The summed E-state index contributed by atoms with van der Waals surface area (Å²) in [6, 6.07) is 7.50. The van der Waals surface area contributed by atoms with Gasteiger partial charge < -0.3 is 10.5 Å². The van der Waals surface area contributed by atoms with Gasteiger partial charge in [0, 0.05) is 23.5 Å². The molecule has 18 heavy (non-hydrogen) atoms. The van der Waals surface area contributed by atoms with Crippen LogP contribution >= 0.6 is 11.3 Å². The predicted octanol–water partition coefficient (Wildman–Crippen LogP) is 2.85. The summed E-state index contributed by atoms with van der Waals surface area (Å²) in [6.07, 6.45) is 3.54. The molecule has 90 valence electrons. The van der Waals surface area contributed by atoms with Crippen LogP contribution in [0.3, 0.4) is 0 Å². The van der Waals surface area contributed by atoms with Gasteiger partial charge in [-0.3, -0.25) is 9.97 Å². The third-order valence-electron chi connectivity index (χ3n) is 2.62. The van der Waals surface area contributed by atoms with Crippen molar-refractivity contribution < 1.29 is 4.74 Å². The number of thiazole rings is 1. The number of rotatable bonds is 3. The van der Waals surface area contributed by atoms with Crippen molar-refractivity contribution >= 4 is 27.9 Å². The number of pyridine rings is 1. The van der Waals surface area contributed by atoms with E-state index in [9.17, 15) is 0 Å². The number of nitrogens with two attached hydrogens (primary N) is 1. The summed E-state index contributed by atoms with van der Waals surface area (Å²) >= 11 is 1.57. The molecule has 0 saturated heterocycles. The van der Waals surface area contributed by atoms with Gasteiger partial charge in [-0.05, 0) is 24.3 Å². The van der Waals surface area contributed by atoms with Crippen molar-refractivity contribution in [1.82, 2.24) is 9.97 Å². The molecule has 1 aromatic carbocycles. The first-order valence-electron chi connectivity index (χ1n) is 5.48. The second-order valence-corrected chi connectivity index (χ2v) is 4.78. The molecule has 0 unspecified atom stereocenters. The van der Waals surface area contributed by atoms with Gasteiger partial charge in [-0.25, -0.2) is 0 Å². The summed E-state index contributed by atoms with van der Waals surface area (Å²) in [5.41, 5.74) is 9.21. The summed E-state index contributed by atoms with van der Waals surface area (Å²) in [4.78, 5) is 9.42. The van der Waals surface area contributed by atoms with Crippen molar-refractivity contribution in [2.75, 3.05) is 5.73 Å². The van der Waals surface area contributed by atoms with E-state index in [4.69, 9.17) is 10.5 Å². The first kappa shape index (κ1) is 11.0. The van der Waals surface area contributed by atoms with Gasteiger partial charge in [-0.1, -0.05) is 0 Å². The largest absolute Gasteiger partial charge is 0.486 e. The lowest BCUT2D eigenvalue weighted by Crippen LogP contribution is -1.96. The van der Waals surface area contributed by atoms with Crippen molar-refractivity contribution in [1.29, 1.82) is 0 Å². The van der Waals surface area contributed by atoms with E-state index in [1.807, 2.05) is 24.3 Å². The smallest absolute Gasteiger partial charge is 0.146 e. The van der Waals surface area contributed by atoms with Crippen LogP contribution in [0.4, 0.5) is 5.69 Å². The van der Waals surface area contributed by atoms with Crippen LogP contribution < -0.4 is 10.5 Å². The fraction of sp³-hybridized carbons (Fsp3) is 0.0769. The number of anilines is 1. The van der Waals surface area contributed by atoms with Crippen molar-refractivity contribution in [3.05, 3.63) is 47.0 Å². The molecule has 3 rings (SSSR count). The molecule has 2 heterocycles. The van der Waals surface area contributed by atoms with Crippen LogP contribution in [0.2, 0.25) is 0 Å². The zero-order valence-corrected chi connectivity index (χ0v) is 10.4. The van der Waals surface area contributed by atoms with Gasteiger partial charge in [0.2, 0.25) is 0 Å². The Balaban J connectivity index is 1.94. The van der Waals surface area contributed by atoms with Gasteiger partial charge in [0.25, 0.3) is 0 Å². The summed E-state index contributed by atoms with van der Waals surface area (Å²) in [5, 5.41) is 0.916. The molecule has 0 amide bonds. The van der Waals surface area contributed by atoms with Crippen molar-refractivity contribution in [3.63, 3.8) is 0 Å². The second-order valence-electron chi connectivity index (χ2n) is 3.81. The Hall–Kier alpha value is -2.14. The molecule has 4 nitrogen and oxygen atoms in total. The maximum absolute atomic E-state index is 5.91. The fourth-order valence-electron chi connectivity index (χ4n) is 1.75. The molecule has 0 aliphatic rings. The standard InChI is InChI=1S/C13H11N3OS/c14-11-3-4-12(13-10(11)2-1-5-16-13)17-7-9-6-15-8-18-9/h1-6,8H,7,14H2. The van der Waals surface area contributed by atoms with E-state index in [0.29, 0.717) is 12.3 Å². The zero-order valence-electron chi connectivity index (χ0n) is 9.54. The number of ether oxygens (including phenoxy) is 1. The maximum Gasteiger partial charge on any atom is 0.146 e. The van der Waals surface area contributed by atoms with E-state index < -0.39 is 0 Å². The minimum absolute atomic E-state index is 0.500. The van der Waals surface area contributed by atoms with Crippen LogP contribution in [0.25, 0.3) is 10.9 Å². The molecular weight excluding hydrogens is 246 g/mol. The molecule has 0 radical (unpaired) electrons. The minimum Gasteiger partial charge on any atom is -0.486 e. The molecule has 2 aromatic heterocycles. The average Bonchev–Trinajstić information content (AvgIpc) is 2.92. The Morgan fingerprint density at radius 3 is 3.06 bits per heavy atom. The minimum atomic E-state index is 0.500. The Labute approximate surface area is 108 Å². The topological polar surface area (TPSA) is 61.0 Å². The number of hydrogen-bond acceptors (Lipinski definition) is 5. The van der Waals surface area contributed by atoms with Gasteiger partial charge in [0.15, 0.2) is 0 Å². The number of aromatic nitrogens is 2. The number of fused-ring (bicyclic) bond motifs is 1. The summed E-state index contributed by atoms with van der Waals surface area (Å²) in [5.74, 6) is 0.744. The summed E-state index contributed by atoms with van der Waals surface area (Å²) in [7, 11) is 0. The molecule has 0 saturated carbocycles. The van der Waals surface area contributed by atoms with Crippen LogP contribution in [0.1, 0.15) is 4.88 Å². The second kappa shape index (κ2) is 4.62. The van der Waals surface area contributed by atoms with E-state index in [0.717, 1.165) is 21.5 Å². The molecule has 0 aliphatic heterocycles. The van der Waals surface area contributed by atoms with Crippen LogP contribution in [0.15, 0.2) is 42.2 Å². The molecule has 0 bridgehead atoms. The lowest BCUT2D eigenvalue weighted by atomic mass is 10.2.